The summed E-state index contributed by atoms with van der Waals surface area (Å²) < 4.78 is 1.97. The summed E-state index contributed by atoms with van der Waals surface area (Å²) in [5, 5.41) is 14.3. The number of amides is 1. The summed E-state index contributed by atoms with van der Waals surface area (Å²) in [6.07, 6.45) is 0.462. The molecular formula is C25H31IN6O. The van der Waals surface area contributed by atoms with E-state index >= 15 is 0 Å². The quantitative estimate of drug-likeness (QED) is 0.240. The molecule has 0 fully saturated rings. The largest absolute Gasteiger partial charge is 0.357 e. The minimum Gasteiger partial charge on any atom is -0.357 e. The zero-order valence-corrected chi connectivity index (χ0v) is 21.6. The summed E-state index contributed by atoms with van der Waals surface area (Å²) in [7, 11) is 0. The molecule has 1 aliphatic rings. The highest BCUT2D eigenvalue weighted by Crippen LogP contribution is 2.31. The Bertz CT molecular complexity index is 1140. The van der Waals surface area contributed by atoms with Crippen LogP contribution in [0.3, 0.4) is 0 Å². The van der Waals surface area contributed by atoms with Gasteiger partial charge >= 0.3 is 0 Å². The van der Waals surface area contributed by atoms with Crippen LogP contribution in [0.2, 0.25) is 0 Å². The second-order valence-electron chi connectivity index (χ2n) is 8.08. The molecule has 0 spiro atoms. The minimum atomic E-state index is 0. The number of hydrogen-bond acceptors (Lipinski definition) is 3. The van der Waals surface area contributed by atoms with E-state index in [1.807, 2.05) is 48.9 Å². The van der Waals surface area contributed by atoms with E-state index in [1.54, 1.807) is 0 Å². The van der Waals surface area contributed by atoms with Crippen molar-refractivity contribution in [2.45, 2.75) is 39.7 Å². The van der Waals surface area contributed by atoms with Crippen LogP contribution in [0.4, 0.5) is 5.69 Å². The second-order valence-corrected chi connectivity index (χ2v) is 8.08. The summed E-state index contributed by atoms with van der Waals surface area (Å²) in [6, 6.07) is 18.3. The van der Waals surface area contributed by atoms with E-state index in [0.717, 1.165) is 46.4 Å². The molecule has 1 amide bonds. The third-order valence-electron chi connectivity index (χ3n) is 5.60. The van der Waals surface area contributed by atoms with Gasteiger partial charge in [0.25, 0.3) is 0 Å². The number of nitrogens with zero attached hydrogens (tertiary/aromatic N) is 3. The summed E-state index contributed by atoms with van der Waals surface area (Å²) in [5.41, 5.74) is 6.28. The Morgan fingerprint density at radius 1 is 1.15 bits per heavy atom. The molecule has 1 unspecified atom stereocenters. The van der Waals surface area contributed by atoms with Crippen molar-refractivity contribution in [1.82, 2.24) is 20.4 Å². The molecule has 8 heteroatoms. The average Bonchev–Trinajstić information content (AvgIpc) is 3.13. The van der Waals surface area contributed by atoms with Crippen molar-refractivity contribution < 1.29 is 4.79 Å². The molecule has 0 saturated carbocycles. The average molecular weight is 558 g/mol. The number of benzene rings is 2. The monoisotopic (exact) mass is 558 g/mol. The molecule has 3 aromatic rings. The lowest BCUT2D eigenvalue weighted by atomic mass is 9.90. The Balaban J connectivity index is 0.00000306. The highest BCUT2D eigenvalue weighted by atomic mass is 127. The van der Waals surface area contributed by atoms with Gasteiger partial charge in [0, 0.05) is 36.8 Å². The van der Waals surface area contributed by atoms with Crippen molar-refractivity contribution in [1.29, 1.82) is 0 Å². The fourth-order valence-electron chi connectivity index (χ4n) is 4.13. The lowest BCUT2D eigenvalue weighted by Crippen LogP contribution is -2.40. The van der Waals surface area contributed by atoms with Gasteiger partial charge in [0.05, 0.1) is 17.9 Å². The molecule has 2 aromatic carbocycles. The Kier molecular flexibility index (Phi) is 8.49. The number of halogens is 1. The summed E-state index contributed by atoms with van der Waals surface area (Å²) in [6.45, 7) is 8.02. The first-order valence-corrected chi connectivity index (χ1v) is 11.1. The molecule has 4 rings (SSSR count). The molecule has 0 saturated heterocycles. The first-order chi connectivity index (χ1) is 15.5. The van der Waals surface area contributed by atoms with Crippen molar-refractivity contribution in [2.24, 2.45) is 4.99 Å². The number of aryl methyl sites for hydroxylation is 2. The normalized spacial score (nSPS) is 15.3. The number of carbonyl (C=O) groups is 1. The van der Waals surface area contributed by atoms with E-state index in [0.29, 0.717) is 19.5 Å². The summed E-state index contributed by atoms with van der Waals surface area (Å²) in [4.78, 5) is 16.9. The number of hydrogen-bond donors (Lipinski definition) is 3. The van der Waals surface area contributed by atoms with Crippen LogP contribution >= 0.6 is 24.0 Å². The van der Waals surface area contributed by atoms with Crippen LogP contribution in [0.5, 0.6) is 0 Å². The van der Waals surface area contributed by atoms with Gasteiger partial charge in [-0.2, -0.15) is 5.10 Å². The molecule has 0 bridgehead atoms. The lowest BCUT2D eigenvalue weighted by molar-refractivity contribution is -0.116. The number of anilines is 1. The highest BCUT2D eigenvalue weighted by molar-refractivity contribution is 14.0. The predicted molar refractivity (Wildman–Crippen MR) is 144 cm³/mol. The van der Waals surface area contributed by atoms with Gasteiger partial charge in [0.15, 0.2) is 5.96 Å². The molecule has 33 heavy (non-hydrogen) atoms. The van der Waals surface area contributed by atoms with Crippen LogP contribution in [0.15, 0.2) is 59.6 Å². The summed E-state index contributed by atoms with van der Waals surface area (Å²) in [5.74, 6) is 0.890. The Morgan fingerprint density at radius 3 is 2.67 bits per heavy atom. The number of nitrogens with one attached hydrogen (secondary N) is 3. The van der Waals surface area contributed by atoms with Crippen LogP contribution in [0.25, 0.3) is 5.69 Å². The fourth-order valence-corrected chi connectivity index (χ4v) is 4.13. The second kappa shape index (κ2) is 11.3. The Morgan fingerprint density at radius 2 is 1.91 bits per heavy atom. The maximum absolute atomic E-state index is 12.1. The van der Waals surface area contributed by atoms with Crippen LogP contribution in [0.1, 0.15) is 41.8 Å². The molecule has 0 aliphatic carbocycles. The first-order valence-electron chi connectivity index (χ1n) is 11.1. The number of aliphatic imine (C=N–C) groups is 1. The molecular weight excluding hydrogens is 527 g/mol. The molecule has 174 valence electrons. The fraction of sp³-hybridized carbons (Fsp3) is 0.320. The zero-order valence-electron chi connectivity index (χ0n) is 19.3. The van der Waals surface area contributed by atoms with E-state index in [2.05, 4.69) is 52.2 Å². The van der Waals surface area contributed by atoms with Gasteiger partial charge in [0.1, 0.15) is 0 Å². The van der Waals surface area contributed by atoms with Crippen LogP contribution < -0.4 is 16.0 Å². The third-order valence-corrected chi connectivity index (χ3v) is 5.60. The van der Waals surface area contributed by atoms with Gasteiger partial charge in [-0.25, -0.2) is 9.67 Å². The molecule has 3 N–H and O–H groups in total. The van der Waals surface area contributed by atoms with Crippen molar-refractivity contribution in [2.75, 3.05) is 18.4 Å². The number of rotatable bonds is 6. The minimum absolute atomic E-state index is 0. The van der Waals surface area contributed by atoms with Gasteiger partial charge in [-0.1, -0.05) is 36.4 Å². The van der Waals surface area contributed by atoms with Crippen LogP contribution in [0, 0.1) is 13.8 Å². The molecule has 0 radical (unpaired) electrons. The summed E-state index contributed by atoms with van der Waals surface area (Å²) >= 11 is 0. The number of aromatic nitrogens is 2. The predicted octanol–water partition coefficient (Wildman–Crippen LogP) is 4.29. The van der Waals surface area contributed by atoms with Crippen LogP contribution in [-0.4, -0.2) is 34.7 Å². The third kappa shape index (κ3) is 5.93. The lowest BCUT2D eigenvalue weighted by Gasteiger charge is -2.26. The molecule has 1 aromatic heterocycles. The van der Waals surface area contributed by atoms with E-state index < -0.39 is 0 Å². The van der Waals surface area contributed by atoms with Gasteiger partial charge < -0.3 is 16.0 Å². The maximum Gasteiger partial charge on any atom is 0.225 e. The topological polar surface area (TPSA) is 83.3 Å². The van der Waals surface area contributed by atoms with E-state index in [-0.39, 0.29) is 35.8 Å². The van der Waals surface area contributed by atoms with Gasteiger partial charge in [-0.3, -0.25) is 4.79 Å². The van der Waals surface area contributed by atoms with Gasteiger partial charge in [-0.15, -0.1) is 24.0 Å². The van der Waals surface area contributed by atoms with E-state index in [4.69, 9.17) is 4.99 Å². The SMILES string of the molecule is CCNC(=NCc1ccccc1-n1nc(C)cc1C)NCC1CC(=O)Nc2ccccc21.I. The van der Waals surface area contributed by atoms with Crippen LogP contribution in [-0.2, 0) is 11.3 Å². The molecule has 1 atom stereocenters. The van der Waals surface area contributed by atoms with Crippen molar-refractivity contribution in [3.05, 3.63) is 77.1 Å². The van der Waals surface area contributed by atoms with E-state index in [9.17, 15) is 4.79 Å². The zero-order chi connectivity index (χ0) is 22.5. The highest BCUT2D eigenvalue weighted by Gasteiger charge is 2.24. The number of fused-ring (bicyclic) bond motifs is 1. The number of carbonyl (C=O) groups excluding carboxylic acids is 1. The standard InChI is InChI=1S/C25H30N6O.HI/c1-4-26-25(28-16-20-14-24(32)29-22-11-7-6-10-21(20)22)27-15-19-9-5-8-12-23(19)31-18(3)13-17(2)30-31;/h5-13,20H,4,14-16H2,1-3H3,(H,29,32)(H2,26,27,28);1H. The van der Waals surface area contributed by atoms with E-state index in [1.165, 1.54) is 0 Å². The Labute approximate surface area is 212 Å². The smallest absolute Gasteiger partial charge is 0.225 e. The molecule has 2 heterocycles. The first kappa shape index (κ1) is 24.8. The van der Waals surface area contributed by atoms with Crippen molar-refractivity contribution >= 4 is 41.5 Å². The molecule has 1 aliphatic heterocycles. The maximum atomic E-state index is 12.1. The number of para-hydroxylation sites is 2. The van der Waals surface area contributed by atoms with Crippen molar-refractivity contribution in [3.63, 3.8) is 0 Å². The molecule has 7 nitrogen and oxygen atoms in total. The van der Waals surface area contributed by atoms with Gasteiger partial charge in [-0.05, 0) is 50.1 Å². The van der Waals surface area contributed by atoms with Gasteiger partial charge in [0.2, 0.25) is 5.91 Å². The number of guanidine groups is 1. The Hall–Kier alpha value is -2.88. The van der Waals surface area contributed by atoms with Crippen molar-refractivity contribution in [3.8, 4) is 5.69 Å².